The topological polar surface area (TPSA) is 20.2 Å². The van der Waals surface area contributed by atoms with Crippen LogP contribution in [0.15, 0.2) is 18.2 Å². The van der Waals surface area contributed by atoms with Crippen LogP contribution in [0.5, 0.6) is 0 Å². The van der Waals surface area contributed by atoms with Crippen LogP contribution in [-0.2, 0) is 6.42 Å². The summed E-state index contributed by atoms with van der Waals surface area (Å²) in [5.74, 6) is 1.00. The minimum atomic E-state index is -0.355. The fourth-order valence-electron chi connectivity index (χ4n) is 2.05. The van der Waals surface area contributed by atoms with Gasteiger partial charge < -0.3 is 5.11 Å². The van der Waals surface area contributed by atoms with Gasteiger partial charge in [0.05, 0.1) is 6.10 Å². The second kappa shape index (κ2) is 6.95. The van der Waals surface area contributed by atoms with Crippen molar-refractivity contribution in [1.82, 2.24) is 0 Å². The molecule has 4 unspecified atom stereocenters. The Bertz CT molecular complexity index is 441. The fraction of sp³-hybridized carbons (Fsp3) is 0.571. The highest BCUT2D eigenvalue weighted by molar-refractivity contribution is 8.07. The summed E-state index contributed by atoms with van der Waals surface area (Å²) in [7, 11) is 0. The molecule has 106 valence electrons. The molecule has 1 aromatic carbocycles. The maximum absolute atomic E-state index is 10.4. The molecule has 1 aliphatic heterocycles. The number of aliphatic hydroxyl groups excluding tert-OH is 1. The van der Waals surface area contributed by atoms with Gasteiger partial charge in [-0.05, 0) is 17.7 Å². The van der Waals surface area contributed by atoms with Crippen molar-refractivity contribution in [2.75, 3.05) is 5.75 Å². The lowest BCUT2D eigenvalue weighted by Crippen LogP contribution is -2.35. The van der Waals surface area contributed by atoms with E-state index < -0.39 is 0 Å². The predicted molar refractivity (Wildman–Crippen MR) is 88.9 cm³/mol. The number of halogens is 2. The van der Waals surface area contributed by atoms with Crippen LogP contribution in [0.1, 0.15) is 19.4 Å². The van der Waals surface area contributed by atoms with Crippen LogP contribution >= 0.6 is 46.7 Å². The molecule has 0 radical (unpaired) electrons. The molecule has 0 spiro atoms. The first kappa shape index (κ1) is 15.8. The predicted octanol–water partition coefficient (Wildman–Crippen LogP) is 4.52. The molecule has 1 aromatic rings. The number of hydrogen-bond donors (Lipinski definition) is 1. The molecule has 1 nitrogen and oxygen atoms in total. The third kappa shape index (κ3) is 4.21. The average Bonchev–Trinajstić information content (AvgIpc) is 2.36. The minimum absolute atomic E-state index is 0.281. The van der Waals surface area contributed by atoms with E-state index in [1.165, 1.54) is 0 Å². The first-order chi connectivity index (χ1) is 8.97. The second-order valence-electron chi connectivity index (χ2n) is 4.93. The average molecular weight is 337 g/mol. The zero-order chi connectivity index (χ0) is 14.0. The molecule has 5 heteroatoms. The zero-order valence-electron chi connectivity index (χ0n) is 11.0. The molecule has 0 amide bonds. The molecule has 1 N–H and O–H groups in total. The van der Waals surface area contributed by atoms with E-state index in [2.05, 4.69) is 13.8 Å². The molecule has 1 saturated heterocycles. The summed E-state index contributed by atoms with van der Waals surface area (Å²) in [5, 5.41) is 13.2. The molecule has 0 saturated carbocycles. The van der Waals surface area contributed by atoms with E-state index in [9.17, 15) is 5.11 Å². The molecule has 19 heavy (non-hydrogen) atoms. The van der Waals surface area contributed by atoms with E-state index in [4.69, 9.17) is 23.2 Å². The third-order valence-corrected chi connectivity index (χ3v) is 7.57. The van der Waals surface area contributed by atoms with E-state index in [1.807, 2.05) is 35.7 Å². The lowest BCUT2D eigenvalue weighted by Gasteiger charge is -2.34. The van der Waals surface area contributed by atoms with Crippen LogP contribution in [0.4, 0.5) is 0 Å². The lowest BCUT2D eigenvalue weighted by atomic mass is 10.1. The highest BCUT2D eigenvalue weighted by Crippen LogP contribution is 2.38. The van der Waals surface area contributed by atoms with Gasteiger partial charge in [0.1, 0.15) is 0 Å². The number of aliphatic hydroxyl groups is 1. The lowest BCUT2D eigenvalue weighted by molar-refractivity contribution is 0.177. The van der Waals surface area contributed by atoms with E-state index >= 15 is 0 Å². The number of benzene rings is 1. The van der Waals surface area contributed by atoms with Crippen LogP contribution in [0.25, 0.3) is 0 Å². The van der Waals surface area contributed by atoms with Gasteiger partial charge in [-0.1, -0.05) is 43.1 Å². The maximum Gasteiger partial charge on any atom is 0.0707 e. The molecule has 4 atom stereocenters. The smallest absolute Gasteiger partial charge is 0.0707 e. The van der Waals surface area contributed by atoms with Crippen LogP contribution in [-0.4, -0.2) is 32.7 Å². The summed E-state index contributed by atoms with van der Waals surface area (Å²) in [6, 6.07) is 5.46. The molecule has 0 aromatic heterocycles. The van der Waals surface area contributed by atoms with Crippen molar-refractivity contribution in [1.29, 1.82) is 0 Å². The van der Waals surface area contributed by atoms with Crippen molar-refractivity contribution in [3.05, 3.63) is 33.8 Å². The molecule has 1 heterocycles. The van der Waals surface area contributed by atoms with Gasteiger partial charge in [0.25, 0.3) is 0 Å². The van der Waals surface area contributed by atoms with Crippen molar-refractivity contribution >= 4 is 46.7 Å². The summed E-state index contributed by atoms with van der Waals surface area (Å²) in [5.41, 5.74) is 0.968. The maximum atomic E-state index is 10.4. The largest absolute Gasteiger partial charge is 0.392 e. The van der Waals surface area contributed by atoms with Gasteiger partial charge in [-0.15, -0.1) is 0 Å². The number of thioether (sulfide) groups is 2. The van der Waals surface area contributed by atoms with Gasteiger partial charge in [0.15, 0.2) is 0 Å². The second-order valence-corrected chi connectivity index (χ2v) is 8.80. The Hall–Kier alpha value is 0.460. The minimum Gasteiger partial charge on any atom is -0.392 e. The van der Waals surface area contributed by atoms with Gasteiger partial charge in [0.2, 0.25) is 0 Å². The van der Waals surface area contributed by atoms with Crippen molar-refractivity contribution in [3.8, 4) is 0 Å². The van der Waals surface area contributed by atoms with Gasteiger partial charge in [-0.3, -0.25) is 0 Å². The number of hydrogen-bond acceptors (Lipinski definition) is 3. The van der Waals surface area contributed by atoms with Crippen molar-refractivity contribution < 1.29 is 5.11 Å². The van der Waals surface area contributed by atoms with Crippen molar-refractivity contribution in [2.24, 2.45) is 0 Å². The highest BCUT2D eigenvalue weighted by Gasteiger charge is 2.30. The normalized spacial score (nSPS) is 29.2. The Morgan fingerprint density at radius 2 is 2.05 bits per heavy atom. The Balaban J connectivity index is 1.99. The van der Waals surface area contributed by atoms with Crippen molar-refractivity contribution in [3.63, 3.8) is 0 Å². The molecule has 2 rings (SSSR count). The SMILES string of the molecule is CC1SCC(C(O)Cc2ccc(Cl)cc2Cl)SC1C. The first-order valence-electron chi connectivity index (χ1n) is 6.36. The first-order valence-corrected chi connectivity index (χ1v) is 9.11. The van der Waals surface area contributed by atoms with Crippen LogP contribution in [0.2, 0.25) is 10.0 Å². The van der Waals surface area contributed by atoms with Crippen LogP contribution in [0.3, 0.4) is 0 Å². The Morgan fingerprint density at radius 3 is 2.68 bits per heavy atom. The Morgan fingerprint density at radius 1 is 1.32 bits per heavy atom. The Kier molecular flexibility index (Phi) is 5.79. The van der Waals surface area contributed by atoms with Crippen LogP contribution < -0.4 is 0 Å². The number of rotatable bonds is 3. The summed E-state index contributed by atoms with van der Waals surface area (Å²) in [6.07, 6.45) is 0.237. The summed E-state index contributed by atoms with van der Waals surface area (Å²) >= 11 is 15.9. The standard InChI is InChI=1S/C14H18Cl2OS2/c1-8-9(2)19-14(7-18-8)13(17)5-10-3-4-11(15)6-12(10)16/h3-4,6,8-9,13-14,17H,5,7H2,1-2H3. The van der Waals surface area contributed by atoms with Gasteiger partial charge in [-0.25, -0.2) is 0 Å². The summed E-state index contributed by atoms with van der Waals surface area (Å²) in [4.78, 5) is 0. The summed E-state index contributed by atoms with van der Waals surface area (Å²) < 4.78 is 0. The van der Waals surface area contributed by atoms with E-state index in [0.717, 1.165) is 11.3 Å². The van der Waals surface area contributed by atoms with Crippen molar-refractivity contribution in [2.45, 2.75) is 42.1 Å². The van der Waals surface area contributed by atoms with E-state index in [-0.39, 0.29) is 11.4 Å². The van der Waals surface area contributed by atoms with Gasteiger partial charge >= 0.3 is 0 Å². The summed E-state index contributed by atoms with van der Waals surface area (Å²) in [6.45, 7) is 4.48. The van der Waals surface area contributed by atoms with E-state index in [1.54, 1.807) is 6.07 Å². The van der Waals surface area contributed by atoms with Crippen LogP contribution in [0, 0.1) is 0 Å². The monoisotopic (exact) mass is 336 g/mol. The highest BCUT2D eigenvalue weighted by atomic mass is 35.5. The van der Waals surface area contributed by atoms with Gasteiger partial charge in [0, 0.05) is 38.0 Å². The molecular weight excluding hydrogens is 319 g/mol. The zero-order valence-corrected chi connectivity index (χ0v) is 14.1. The molecule has 0 aliphatic carbocycles. The Labute approximate surface area is 133 Å². The van der Waals surface area contributed by atoms with Gasteiger partial charge in [-0.2, -0.15) is 23.5 Å². The third-order valence-electron chi connectivity index (χ3n) is 3.45. The molecule has 1 aliphatic rings. The quantitative estimate of drug-likeness (QED) is 0.876. The molecule has 1 fully saturated rings. The molecule has 0 bridgehead atoms. The fourth-order valence-corrected chi connectivity index (χ4v) is 5.55. The van der Waals surface area contributed by atoms with E-state index in [0.29, 0.717) is 27.0 Å². The molecular formula is C14H18Cl2OS2.